The first-order valence-electron chi connectivity index (χ1n) is 5.91. The summed E-state index contributed by atoms with van der Waals surface area (Å²) in [6.07, 6.45) is 0. The van der Waals surface area contributed by atoms with Crippen molar-refractivity contribution in [1.82, 2.24) is 0 Å². The Kier molecular flexibility index (Phi) is 5.08. The summed E-state index contributed by atoms with van der Waals surface area (Å²) in [4.78, 5) is 33.9. The summed E-state index contributed by atoms with van der Waals surface area (Å²) in [5.74, 6) is -1.50. The maximum Gasteiger partial charge on any atom is 0.340 e. The molecule has 0 aromatic heterocycles. The van der Waals surface area contributed by atoms with Gasteiger partial charge in [-0.3, -0.25) is 9.59 Å². The van der Waals surface area contributed by atoms with Crippen molar-refractivity contribution in [2.24, 2.45) is 0 Å². The number of nitrogens with one attached hydrogen (secondary N) is 1. The second-order valence-corrected chi connectivity index (χ2v) is 3.93. The first-order valence-corrected chi connectivity index (χ1v) is 5.91. The summed E-state index contributed by atoms with van der Waals surface area (Å²) < 4.78 is 9.79. The van der Waals surface area contributed by atoms with Crippen molar-refractivity contribution in [1.29, 1.82) is 0 Å². The number of nitrogen functional groups attached to an aromatic ring is 1. The average molecular weight is 280 g/mol. The van der Waals surface area contributed by atoms with Crippen molar-refractivity contribution in [2.45, 2.75) is 20.8 Å². The summed E-state index contributed by atoms with van der Waals surface area (Å²) in [5.41, 5.74) is 6.08. The quantitative estimate of drug-likeness (QED) is 0.489. The summed E-state index contributed by atoms with van der Waals surface area (Å²) in [5, 5.41) is 2.46. The number of hydrogen-bond donors (Lipinski definition) is 2. The lowest BCUT2D eigenvalue weighted by molar-refractivity contribution is -0.131. The Morgan fingerprint density at radius 2 is 1.90 bits per heavy atom. The fourth-order valence-electron chi connectivity index (χ4n) is 1.51. The van der Waals surface area contributed by atoms with E-state index >= 15 is 0 Å². The van der Waals surface area contributed by atoms with Crippen molar-refractivity contribution in [3.8, 4) is 5.75 Å². The molecule has 0 saturated heterocycles. The van der Waals surface area contributed by atoms with Crippen LogP contribution in [0.25, 0.3) is 0 Å². The van der Waals surface area contributed by atoms with Gasteiger partial charge in [-0.15, -0.1) is 0 Å². The second-order valence-electron chi connectivity index (χ2n) is 3.93. The number of nitrogens with two attached hydrogens (primary N) is 1. The average Bonchev–Trinajstić information content (AvgIpc) is 2.31. The van der Waals surface area contributed by atoms with E-state index in [1.54, 1.807) is 6.92 Å². The fraction of sp³-hybridized carbons (Fsp3) is 0.308. The van der Waals surface area contributed by atoms with Gasteiger partial charge in [0, 0.05) is 25.6 Å². The lowest BCUT2D eigenvalue weighted by atomic mass is 10.1. The largest absolute Gasteiger partial charge is 0.462 e. The molecule has 1 rings (SSSR count). The van der Waals surface area contributed by atoms with E-state index in [0.717, 1.165) is 0 Å². The molecule has 108 valence electrons. The van der Waals surface area contributed by atoms with E-state index in [9.17, 15) is 14.4 Å². The Balaban J connectivity index is 3.26. The number of esters is 2. The minimum absolute atomic E-state index is 0.0678. The predicted molar refractivity (Wildman–Crippen MR) is 72.4 cm³/mol. The molecule has 0 aliphatic heterocycles. The molecule has 0 bridgehead atoms. The van der Waals surface area contributed by atoms with Gasteiger partial charge < -0.3 is 20.5 Å². The molecule has 0 atom stereocenters. The molecule has 1 aromatic rings. The van der Waals surface area contributed by atoms with Gasteiger partial charge in [0.15, 0.2) is 5.75 Å². The summed E-state index contributed by atoms with van der Waals surface area (Å²) >= 11 is 0. The monoisotopic (exact) mass is 280 g/mol. The van der Waals surface area contributed by atoms with Crippen LogP contribution >= 0.6 is 0 Å². The van der Waals surface area contributed by atoms with Gasteiger partial charge >= 0.3 is 11.9 Å². The van der Waals surface area contributed by atoms with Gasteiger partial charge in [-0.25, -0.2) is 4.79 Å². The summed E-state index contributed by atoms with van der Waals surface area (Å²) in [6, 6.07) is 2.60. The van der Waals surface area contributed by atoms with Crippen molar-refractivity contribution in [3.63, 3.8) is 0 Å². The number of carbonyl (C=O) groups is 3. The van der Waals surface area contributed by atoms with Crippen LogP contribution < -0.4 is 15.8 Å². The van der Waals surface area contributed by atoms with Gasteiger partial charge in [0.2, 0.25) is 5.91 Å². The van der Waals surface area contributed by atoms with Crippen LogP contribution in [0.4, 0.5) is 11.4 Å². The molecule has 20 heavy (non-hydrogen) atoms. The minimum atomic E-state index is -0.619. The number of rotatable bonds is 4. The molecular formula is C13H16N2O5. The highest BCUT2D eigenvalue weighted by atomic mass is 16.5. The molecule has 0 aliphatic carbocycles. The third-order valence-electron chi connectivity index (χ3n) is 2.21. The van der Waals surface area contributed by atoms with Gasteiger partial charge in [0.1, 0.15) is 0 Å². The third kappa shape index (κ3) is 3.98. The first-order chi connectivity index (χ1) is 9.35. The number of ether oxygens (including phenoxy) is 2. The maximum absolute atomic E-state index is 11.7. The molecule has 0 spiro atoms. The molecule has 0 unspecified atom stereocenters. The normalized spacial score (nSPS) is 9.75. The van der Waals surface area contributed by atoms with E-state index in [0.29, 0.717) is 0 Å². The number of anilines is 2. The van der Waals surface area contributed by atoms with Gasteiger partial charge in [-0.1, -0.05) is 0 Å². The Morgan fingerprint density at radius 3 is 2.40 bits per heavy atom. The second kappa shape index (κ2) is 6.55. The number of benzene rings is 1. The fourth-order valence-corrected chi connectivity index (χ4v) is 1.51. The molecule has 1 amide bonds. The highest BCUT2D eigenvalue weighted by Crippen LogP contribution is 2.31. The number of hydrogen-bond acceptors (Lipinski definition) is 6. The van der Waals surface area contributed by atoms with Gasteiger partial charge in [-0.2, -0.15) is 0 Å². The number of carbonyl (C=O) groups excluding carboxylic acids is 3. The standard InChI is InChI=1S/C13H16N2O5/c1-4-19-13(18)9-5-11(15-7(2)16)12(6-10(9)14)20-8(3)17/h5-6H,4,14H2,1-3H3,(H,15,16). The topological polar surface area (TPSA) is 108 Å². The molecular weight excluding hydrogens is 264 g/mol. The van der Waals surface area contributed by atoms with Crippen LogP contribution in [0, 0.1) is 0 Å². The molecule has 0 radical (unpaired) electrons. The Hall–Kier alpha value is -2.57. The van der Waals surface area contributed by atoms with Crippen LogP contribution in [0.2, 0.25) is 0 Å². The van der Waals surface area contributed by atoms with Gasteiger partial charge in [-0.05, 0) is 13.0 Å². The van der Waals surface area contributed by atoms with Crippen LogP contribution in [0.15, 0.2) is 12.1 Å². The lowest BCUT2D eigenvalue weighted by Gasteiger charge is -2.13. The van der Waals surface area contributed by atoms with Crippen molar-refractivity contribution < 1.29 is 23.9 Å². The molecule has 0 aliphatic rings. The van der Waals surface area contributed by atoms with Crippen molar-refractivity contribution in [3.05, 3.63) is 17.7 Å². The zero-order valence-electron chi connectivity index (χ0n) is 11.5. The van der Waals surface area contributed by atoms with Crippen LogP contribution in [0.3, 0.4) is 0 Å². The Labute approximate surface area is 116 Å². The van der Waals surface area contributed by atoms with E-state index < -0.39 is 11.9 Å². The Bertz CT molecular complexity index is 554. The summed E-state index contributed by atoms with van der Waals surface area (Å²) in [6.45, 7) is 4.36. The number of amides is 1. The van der Waals surface area contributed by atoms with Gasteiger partial charge in [0.25, 0.3) is 0 Å². The molecule has 1 aromatic carbocycles. The predicted octanol–water partition coefficient (Wildman–Crippen LogP) is 1.33. The van der Waals surface area contributed by atoms with E-state index in [1.807, 2.05) is 0 Å². The molecule has 0 heterocycles. The van der Waals surface area contributed by atoms with E-state index in [2.05, 4.69) is 5.32 Å². The van der Waals surface area contributed by atoms with Gasteiger partial charge in [0.05, 0.1) is 17.9 Å². The summed E-state index contributed by atoms with van der Waals surface area (Å²) in [7, 11) is 0. The van der Waals surface area contributed by atoms with Crippen molar-refractivity contribution in [2.75, 3.05) is 17.7 Å². The van der Waals surface area contributed by atoms with E-state index in [1.165, 1.54) is 26.0 Å². The molecule has 0 saturated carbocycles. The third-order valence-corrected chi connectivity index (χ3v) is 2.21. The van der Waals surface area contributed by atoms with Crippen LogP contribution in [0.5, 0.6) is 5.75 Å². The van der Waals surface area contributed by atoms with Crippen molar-refractivity contribution >= 4 is 29.2 Å². The maximum atomic E-state index is 11.7. The zero-order chi connectivity index (χ0) is 15.3. The van der Waals surface area contributed by atoms with Crippen LogP contribution in [-0.2, 0) is 14.3 Å². The van der Waals surface area contributed by atoms with Crippen LogP contribution in [0.1, 0.15) is 31.1 Å². The highest BCUT2D eigenvalue weighted by molar-refractivity contribution is 6.00. The first kappa shape index (κ1) is 15.5. The van der Waals surface area contributed by atoms with Crippen LogP contribution in [-0.4, -0.2) is 24.5 Å². The Morgan fingerprint density at radius 1 is 1.25 bits per heavy atom. The minimum Gasteiger partial charge on any atom is -0.462 e. The highest BCUT2D eigenvalue weighted by Gasteiger charge is 2.17. The van der Waals surface area contributed by atoms with E-state index in [4.69, 9.17) is 15.2 Å². The SMILES string of the molecule is CCOC(=O)c1cc(NC(C)=O)c(OC(C)=O)cc1N. The lowest BCUT2D eigenvalue weighted by Crippen LogP contribution is -2.13. The molecule has 7 heteroatoms. The molecule has 3 N–H and O–H groups in total. The zero-order valence-corrected chi connectivity index (χ0v) is 11.5. The van der Waals surface area contributed by atoms with E-state index in [-0.39, 0.29) is 35.2 Å². The molecule has 7 nitrogen and oxygen atoms in total. The smallest absolute Gasteiger partial charge is 0.340 e. The molecule has 0 fully saturated rings.